The fraction of sp³-hybridized carbons (Fsp3) is 0.471. The molecule has 3 aromatic carbocycles. The highest BCUT2D eigenvalue weighted by Crippen LogP contribution is 2.40. The van der Waals surface area contributed by atoms with Gasteiger partial charge in [0.15, 0.2) is 11.6 Å². The molecule has 4 rings (SSSR count). The molecule has 0 nitrogen and oxygen atoms in total. The zero-order valence-corrected chi connectivity index (χ0v) is 22.2. The van der Waals surface area contributed by atoms with Gasteiger partial charge in [-0.05, 0) is 103 Å². The van der Waals surface area contributed by atoms with E-state index in [0.29, 0.717) is 35.8 Å². The Balaban J connectivity index is 1.27. The lowest BCUT2D eigenvalue weighted by molar-refractivity contribution is 0.396. The van der Waals surface area contributed by atoms with Gasteiger partial charge in [-0.3, -0.25) is 0 Å². The first-order valence-electron chi connectivity index (χ1n) is 14.2. The summed E-state index contributed by atoms with van der Waals surface area (Å²) in [7, 11) is 0. The highest BCUT2D eigenvalue weighted by atomic mass is 19.2. The van der Waals surface area contributed by atoms with E-state index < -0.39 is 11.6 Å². The summed E-state index contributed by atoms with van der Waals surface area (Å²) in [4.78, 5) is 0. The Hall–Kier alpha value is -2.48. The minimum absolute atomic E-state index is 0.476. The minimum atomic E-state index is -0.666. The van der Waals surface area contributed by atoms with Crippen LogP contribution in [-0.4, -0.2) is 0 Å². The van der Waals surface area contributed by atoms with Gasteiger partial charge in [-0.1, -0.05) is 93.8 Å². The molecule has 0 aliphatic heterocycles. The molecule has 0 amide bonds. The summed E-state index contributed by atoms with van der Waals surface area (Å²) < 4.78 is 28.7. The van der Waals surface area contributed by atoms with Crippen molar-refractivity contribution in [1.82, 2.24) is 0 Å². The number of hydrogen-bond acceptors (Lipinski definition) is 0. The summed E-state index contributed by atoms with van der Waals surface area (Å²) in [5, 5.41) is 0. The lowest BCUT2D eigenvalue weighted by Gasteiger charge is -2.29. The largest absolute Gasteiger partial charge is 0.203 e. The Labute approximate surface area is 217 Å². The molecular weight excluding hydrogens is 446 g/mol. The van der Waals surface area contributed by atoms with Crippen LogP contribution < -0.4 is 0 Å². The third-order valence-electron chi connectivity index (χ3n) is 8.14. The molecular formula is C34H42F2. The average molecular weight is 489 g/mol. The number of unbranched alkanes of at least 4 members (excludes halogenated alkanes) is 2. The number of benzene rings is 3. The smallest absolute Gasteiger partial charge is 0.162 e. The van der Waals surface area contributed by atoms with Crippen molar-refractivity contribution in [2.45, 2.75) is 103 Å². The van der Waals surface area contributed by atoms with Crippen LogP contribution in [-0.2, 0) is 25.7 Å². The normalized spacial score (nSPS) is 17.9. The molecule has 1 aliphatic carbocycles. The molecule has 0 atom stereocenters. The lowest BCUT2D eigenvalue weighted by Crippen LogP contribution is -2.12. The van der Waals surface area contributed by atoms with Crippen LogP contribution in [0.15, 0.2) is 60.7 Å². The Bertz CT molecular complexity index is 1070. The van der Waals surface area contributed by atoms with Gasteiger partial charge in [0, 0.05) is 0 Å². The van der Waals surface area contributed by atoms with Gasteiger partial charge in [-0.2, -0.15) is 0 Å². The fourth-order valence-corrected chi connectivity index (χ4v) is 5.82. The predicted octanol–water partition coefficient (Wildman–Crippen LogP) is 9.88. The van der Waals surface area contributed by atoms with Crippen molar-refractivity contribution in [3.8, 4) is 0 Å². The Morgan fingerprint density at radius 1 is 0.528 bits per heavy atom. The zero-order chi connectivity index (χ0) is 25.3. The molecule has 0 N–H and O–H groups in total. The molecule has 0 spiro atoms. The molecule has 192 valence electrons. The van der Waals surface area contributed by atoms with Crippen molar-refractivity contribution in [3.05, 3.63) is 106 Å². The molecule has 0 unspecified atom stereocenters. The van der Waals surface area contributed by atoms with Gasteiger partial charge in [0.25, 0.3) is 0 Å². The molecule has 0 aromatic heterocycles. The third kappa shape index (κ3) is 6.84. The number of halogens is 2. The summed E-state index contributed by atoms with van der Waals surface area (Å²) in [5.74, 6) is -0.0193. The average Bonchev–Trinajstić information content (AvgIpc) is 2.92. The van der Waals surface area contributed by atoms with Crippen molar-refractivity contribution in [2.75, 3.05) is 0 Å². The van der Waals surface area contributed by atoms with E-state index >= 15 is 0 Å². The summed E-state index contributed by atoms with van der Waals surface area (Å²) in [5.41, 5.74) is 6.55. The predicted molar refractivity (Wildman–Crippen MR) is 148 cm³/mol. The summed E-state index contributed by atoms with van der Waals surface area (Å²) in [6.45, 7) is 4.24. The number of rotatable bonds is 11. The van der Waals surface area contributed by atoms with Crippen molar-refractivity contribution >= 4 is 0 Å². The third-order valence-corrected chi connectivity index (χ3v) is 8.14. The van der Waals surface area contributed by atoms with Gasteiger partial charge < -0.3 is 0 Å². The molecule has 1 aliphatic rings. The van der Waals surface area contributed by atoms with Crippen LogP contribution in [0.5, 0.6) is 0 Å². The first-order chi connectivity index (χ1) is 17.6. The quantitative estimate of drug-likeness (QED) is 0.236. The van der Waals surface area contributed by atoms with Crippen LogP contribution in [0.25, 0.3) is 0 Å². The molecule has 1 fully saturated rings. The Morgan fingerprint density at radius 2 is 1.00 bits per heavy atom. The summed E-state index contributed by atoms with van der Waals surface area (Å²) in [6.07, 6.45) is 12.7. The van der Waals surface area contributed by atoms with E-state index in [9.17, 15) is 8.78 Å². The van der Waals surface area contributed by atoms with E-state index in [2.05, 4.69) is 55.5 Å². The summed E-state index contributed by atoms with van der Waals surface area (Å²) >= 11 is 0. The fourth-order valence-electron chi connectivity index (χ4n) is 5.82. The van der Waals surface area contributed by atoms with E-state index in [1.165, 1.54) is 73.6 Å². The first kappa shape index (κ1) is 26.6. The van der Waals surface area contributed by atoms with E-state index in [1.54, 1.807) is 12.1 Å². The molecule has 3 aromatic rings. The molecule has 36 heavy (non-hydrogen) atoms. The lowest BCUT2D eigenvalue weighted by atomic mass is 9.76. The van der Waals surface area contributed by atoms with Gasteiger partial charge in [0.05, 0.1) is 0 Å². The number of hydrogen-bond donors (Lipinski definition) is 0. The maximum absolute atomic E-state index is 14.5. The van der Waals surface area contributed by atoms with E-state index in [4.69, 9.17) is 0 Å². The number of aryl methyl sites for hydroxylation is 4. The Morgan fingerprint density at radius 3 is 1.47 bits per heavy atom. The van der Waals surface area contributed by atoms with Gasteiger partial charge in [0.2, 0.25) is 0 Å². The molecule has 1 saturated carbocycles. The topological polar surface area (TPSA) is 0 Å². The highest BCUT2D eigenvalue weighted by molar-refractivity contribution is 5.31. The minimum Gasteiger partial charge on any atom is -0.203 e. The van der Waals surface area contributed by atoms with Crippen molar-refractivity contribution < 1.29 is 8.78 Å². The second kappa shape index (κ2) is 13.2. The van der Waals surface area contributed by atoms with E-state index in [-0.39, 0.29) is 0 Å². The van der Waals surface area contributed by atoms with Crippen LogP contribution in [0, 0.1) is 11.6 Å². The van der Waals surface area contributed by atoms with Crippen LogP contribution in [0.2, 0.25) is 0 Å². The van der Waals surface area contributed by atoms with Crippen LogP contribution >= 0.6 is 0 Å². The maximum Gasteiger partial charge on any atom is 0.162 e. The van der Waals surface area contributed by atoms with Crippen LogP contribution in [0.1, 0.15) is 110 Å². The highest BCUT2D eigenvalue weighted by Gasteiger charge is 2.23. The molecule has 0 heterocycles. The standard InChI is InChI=1S/C34H42F2/c1-3-5-6-8-25-9-14-27(15-10-25)29-19-21-30(22-20-29)28-16-11-26(12-17-28)13-18-32-24-23-31(7-4-2)33(35)34(32)36/h9-12,14-17,23-24,29-30H,3-8,13,18-22H2,1-2H3. The molecule has 0 bridgehead atoms. The summed E-state index contributed by atoms with van der Waals surface area (Å²) in [6, 6.07) is 21.8. The van der Waals surface area contributed by atoms with E-state index in [0.717, 1.165) is 12.8 Å². The van der Waals surface area contributed by atoms with Gasteiger partial charge in [-0.25, -0.2) is 8.78 Å². The first-order valence-corrected chi connectivity index (χ1v) is 14.2. The Kier molecular flexibility index (Phi) is 9.73. The molecule has 0 radical (unpaired) electrons. The molecule has 0 saturated heterocycles. The monoisotopic (exact) mass is 488 g/mol. The van der Waals surface area contributed by atoms with Gasteiger partial charge in [-0.15, -0.1) is 0 Å². The van der Waals surface area contributed by atoms with Crippen LogP contribution in [0.4, 0.5) is 8.78 Å². The van der Waals surface area contributed by atoms with Crippen molar-refractivity contribution in [2.24, 2.45) is 0 Å². The van der Waals surface area contributed by atoms with Crippen LogP contribution in [0.3, 0.4) is 0 Å². The zero-order valence-electron chi connectivity index (χ0n) is 22.2. The molecule has 2 heteroatoms. The van der Waals surface area contributed by atoms with Gasteiger partial charge in [0.1, 0.15) is 0 Å². The van der Waals surface area contributed by atoms with E-state index in [1.807, 2.05) is 6.92 Å². The van der Waals surface area contributed by atoms with Gasteiger partial charge >= 0.3 is 0 Å². The second-order valence-electron chi connectivity index (χ2n) is 10.8. The van der Waals surface area contributed by atoms with Crippen molar-refractivity contribution in [1.29, 1.82) is 0 Å². The SMILES string of the molecule is CCCCCc1ccc(C2CCC(c3ccc(CCc4ccc(CCC)c(F)c4F)cc3)CC2)cc1. The maximum atomic E-state index is 14.5. The second-order valence-corrected chi connectivity index (χ2v) is 10.8. The van der Waals surface area contributed by atoms with Crippen molar-refractivity contribution in [3.63, 3.8) is 0 Å².